The molecule has 1 fully saturated rings. The van der Waals surface area contributed by atoms with Gasteiger partial charge in [-0.1, -0.05) is 26.2 Å². The zero-order chi connectivity index (χ0) is 13.4. The molecule has 104 valence electrons. The minimum absolute atomic E-state index is 0.0681. The second-order valence-corrected chi connectivity index (χ2v) is 4.97. The van der Waals surface area contributed by atoms with Gasteiger partial charge in [0.05, 0.1) is 0 Å². The molecule has 1 rings (SSSR count). The van der Waals surface area contributed by atoms with Crippen LogP contribution in [0, 0.1) is 5.92 Å². The van der Waals surface area contributed by atoms with Crippen LogP contribution in [0.15, 0.2) is 0 Å². The number of amides is 2. The van der Waals surface area contributed by atoms with E-state index in [-0.39, 0.29) is 12.5 Å². The van der Waals surface area contributed by atoms with Crippen molar-refractivity contribution in [2.45, 2.75) is 57.9 Å². The van der Waals surface area contributed by atoms with E-state index in [4.69, 9.17) is 5.11 Å². The first kappa shape index (κ1) is 14.8. The van der Waals surface area contributed by atoms with Crippen molar-refractivity contribution in [2.24, 2.45) is 5.92 Å². The Balaban J connectivity index is 1.85. The quantitative estimate of drug-likeness (QED) is 0.553. The molecule has 0 radical (unpaired) electrons. The van der Waals surface area contributed by atoms with Crippen molar-refractivity contribution in [1.29, 1.82) is 0 Å². The van der Waals surface area contributed by atoms with E-state index in [1.165, 1.54) is 0 Å². The van der Waals surface area contributed by atoms with Gasteiger partial charge >= 0.3 is 12.0 Å². The van der Waals surface area contributed by atoms with E-state index in [2.05, 4.69) is 17.6 Å². The molecule has 1 saturated carbocycles. The highest BCUT2D eigenvalue weighted by Crippen LogP contribution is 2.32. The Morgan fingerprint density at radius 3 is 2.56 bits per heavy atom. The van der Waals surface area contributed by atoms with Crippen molar-refractivity contribution in [3.63, 3.8) is 0 Å². The number of aliphatic carboxylic acids is 1. The van der Waals surface area contributed by atoms with E-state index < -0.39 is 5.97 Å². The fourth-order valence-corrected chi connectivity index (χ4v) is 2.05. The maximum Gasteiger partial charge on any atom is 0.315 e. The normalized spacial score (nSPS) is 21.4. The number of urea groups is 1. The molecule has 5 nitrogen and oxygen atoms in total. The zero-order valence-electron chi connectivity index (χ0n) is 11.1. The lowest BCUT2D eigenvalue weighted by Gasteiger charge is -2.06. The van der Waals surface area contributed by atoms with E-state index in [1.54, 1.807) is 0 Å². The van der Waals surface area contributed by atoms with Crippen molar-refractivity contribution in [2.75, 3.05) is 6.54 Å². The summed E-state index contributed by atoms with van der Waals surface area (Å²) >= 11 is 0. The number of carboxylic acid groups (broad SMARTS) is 1. The molecule has 0 aromatic rings. The first-order chi connectivity index (χ1) is 8.63. The molecule has 0 heterocycles. The van der Waals surface area contributed by atoms with Gasteiger partial charge in [0.2, 0.25) is 0 Å². The van der Waals surface area contributed by atoms with Crippen molar-refractivity contribution in [1.82, 2.24) is 10.6 Å². The molecule has 0 aromatic heterocycles. The van der Waals surface area contributed by atoms with Gasteiger partial charge in [-0.2, -0.15) is 0 Å². The lowest BCUT2D eigenvalue weighted by molar-refractivity contribution is -0.137. The molecule has 1 aliphatic carbocycles. The lowest BCUT2D eigenvalue weighted by Crippen LogP contribution is -2.37. The van der Waals surface area contributed by atoms with Gasteiger partial charge in [0.15, 0.2) is 0 Å². The van der Waals surface area contributed by atoms with E-state index in [9.17, 15) is 9.59 Å². The zero-order valence-corrected chi connectivity index (χ0v) is 11.1. The Bertz CT molecular complexity index is 281. The molecule has 3 N–H and O–H groups in total. The molecule has 18 heavy (non-hydrogen) atoms. The molecule has 0 aromatic carbocycles. The SMILES string of the molecule is CCC1CC1NC(=O)NCCCCCCC(=O)O. The van der Waals surface area contributed by atoms with Gasteiger partial charge in [0.25, 0.3) is 0 Å². The average Bonchev–Trinajstić information content (AvgIpc) is 3.05. The summed E-state index contributed by atoms with van der Waals surface area (Å²) in [7, 11) is 0. The van der Waals surface area contributed by atoms with Crippen LogP contribution in [0.3, 0.4) is 0 Å². The summed E-state index contributed by atoms with van der Waals surface area (Å²) in [5.74, 6) is -0.0609. The fourth-order valence-electron chi connectivity index (χ4n) is 2.05. The van der Waals surface area contributed by atoms with Crippen LogP contribution in [0.2, 0.25) is 0 Å². The van der Waals surface area contributed by atoms with Gasteiger partial charge < -0.3 is 15.7 Å². The predicted molar refractivity (Wildman–Crippen MR) is 69.4 cm³/mol. The molecule has 5 heteroatoms. The minimum atomic E-state index is -0.734. The number of nitrogens with one attached hydrogen (secondary N) is 2. The van der Waals surface area contributed by atoms with E-state index in [0.29, 0.717) is 18.5 Å². The number of unbranched alkanes of at least 4 members (excludes halogenated alkanes) is 3. The Morgan fingerprint density at radius 1 is 1.22 bits per heavy atom. The largest absolute Gasteiger partial charge is 0.481 e. The molecule has 0 bridgehead atoms. The van der Waals surface area contributed by atoms with Gasteiger partial charge in [0.1, 0.15) is 0 Å². The second-order valence-electron chi connectivity index (χ2n) is 4.97. The van der Waals surface area contributed by atoms with Crippen molar-refractivity contribution in [3.8, 4) is 0 Å². The third-order valence-corrected chi connectivity index (χ3v) is 3.37. The molecule has 0 spiro atoms. The van der Waals surface area contributed by atoms with E-state index in [0.717, 1.165) is 38.5 Å². The maximum atomic E-state index is 11.4. The number of carbonyl (C=O) groups excluding carboxylic acids is 1. The fraction of sp³-hybridized carbons (Fsp3) is 0.846. The number of carboxylic acids is 1. The molecular weight excluding hydrogens is 232 g/mol. The first-order valence-corrected chi connectivity index (χ1v) is 6.89. The van der Waals surface area contributed by atoms with Crippen LogP contribution < -0.4 is 10.6 Å². The van der Waals surface area contributed by atoms with Gasteiger partial charge in [0, 0.05) is 19.0 Å². The number of rotatable bonds is 9. The molecule has 2 unspecified atom stereocenters. The number of hydrogen-bond acceptors (Lipinski definition) is 2. The molecule has 0 saturated heterocycles. The van der Waals surface area contributed by atoms with Crippen LogP contribution >= 0.6 is 0 Å². The van der Waals surface area contributed by atoms with Gasteiger partial charge in [-0.3, -0.25) is 4.79 Å². The van der Waals surface area contributed by atoms with Crippen LogP contribution in [0.1, 0.15) is 51.9 Å². The van der Waals surface area contributed by atoms with Crippen LogP contribution in [-0.4, -0.2) is 29.7 Å². The van der Waals surface area contributed by atoms with Gasteiger partial charge in [-0.25, -0.2) is 4.79 Å². The summed E-state index contributed by atoms with van der Waals surface area (Å²) in [4.78, 5) is 21.7. The molecule has 1 aliphatic rings. The molecule has 0 aliphatic heterocycles. The lowest BCUT2D eigenvalue weighted by atomic mass is 10.1. The summed E-state index contributed by atoms with van der Waals surface area (Å²) in [5, 5.41) is 14.2. The smallest absolute Gasteiger partial charge is 0.315 e. The number of carbonyl (C=O) groups is 2. The summed E-state index contributed by atoms with van der Waals surface area (Å²) in [5.41, 5.74) is 0. The molecular formula is C13H24N2O3. The summed E-state index contributed by atoms with van der Waals surface area (Å²) in [6.45, 7) is 2.81. The molecule has 2 amide bonds. The first-order valence-electron chi connectivity index (χ1n) is 6.89. The Hall–Kier alpha value is -1.26. The highest BCUT2D eigenvalue weighted by atomic mass is 16.4. The van der Waals surface area contributed by atoms with Gasteiger partial charge in [-0.05, 0) is 25.2 Å². The summed E-state index contributed by atoms with van der Waals surface area (Å²) < 4.78 is 0. The van der Waals surface area contributed by atoms with Crippen molar-refractivity contribution < 1.29 is 14.7 Å². The Labute approximate surface area is 108 Å². The van der Waals surface area contributed by atoms with E-state index >= 15 is 0 Å². The molecule has 2 atom stereocenters. The Morgan fingerprint density at radius 2 is 1.94 bits per heavy atom. The summed E-state index contributed by atoms with van der Waals surface area (Å²) in [6, 6.07) is 0.312. The third kappa shape index (κ3) is 6.47. The Kier molecular flexibility index (Phi) is 6.54. The van der Waals surface area contributed by atoms with Crippen LogP contribution in [0.25, 0.3) is 0 Å². The number of hydrogen-bond donors (Lipinski definition) is 3. The second kappa shape index (κ2) is 7.95. The predicted octanol–water partition coefficient (Wildman–Crippen LogP) is 2.12. The third-order valence-electron chi connectivity index (χ3n) is 3.37. The van der Waals surface area contributed by atoms with Crippen LogP contribution in [-0.2, 0) is 4.79 Å². The standard InChI is InChI=1S/C13H24N2O3/c1-2-10-9-11(10)15-13(18)14-8-6-4-3-5-7-12(16)17/h10-11H,2-9H2,1H3,(H,16,17)(H2,14,15,18). The highest BCUT2D eigenvalue weighted by molar-refractivity contribution is 5.74. The maximum absolute atomic E-state index is 11.4. The minimum Gasteiger partial charge on any atom is -0.481 e. The summed E-state index contributed by atoms with van der Waals surface area (Å²) in [6.07, 6.45) is 6.00. The van der Waals surface area contributed by atoms with Crippen LogP contribution in [0.4, 0.5) is 4.79 Å². The highest BCUT2D eigenvalue weighted by Gasteiger charge is 2.36. The average molecular weight is 256 g/mol. The van der Waals surface area contributed by atoms with Gasteiger partial charge in [-0.15, -0.1) is 0 Å². The van der Waals surface area contributed by atoms with Crippen molar-refractivity contribution >= 4 is 12.0 Å². The monoisotopic (exact) mass is 256 g/mol. The topological polar surface area (TPSA) is 78.4 Å². The van der Waals surface area contributed by atoms with Crippen molar-refractivity contribution in [3.05, 3.63) is 0 Å². The van der Waals surface area contributed by atoms with Crippen LogP contribution in [0.5, 0.6) is 0 Å². The van der Waals surface area contributed by atoms with E-state index in [1.807, 2.05) is 0 Å².